The van der Waals surface area contributed by atoms with E-state index in [0.717, 1.165) is 0 Å². The molecule has 1 saturated heterocycles. The molecular weight excluding hydrogens is 312 g/mol. The van der Waals surface area contributed by atoms with E-state index in [-0.39, 0.29) is 24.1 Å². The summed E-state index contributed by atoms with van der Waals surface area (Å²) in [6, 6.07) is 5.50. The van der Waals surface area contributed by atoms with Crippen molar-refractivity contribution in [1.82, 2.24) is 9.88 Å². The molecule has 8 nitrogen and oxygen atoms in total. The first-order chi connectivity index (χ1) is 11.7. The van der Waals surface area contributed by atoms with Gasteiger partial charge in [0, 0.05) is 32.8 Å². The zero-order valence-electron chi connectivity index (χ0n) is 13.4. The standard InChI is InChI=1S/C16H18N4O4/c1-2-22-11-14(21)19-5-7-20(8-6-19)16-12(10-17)18-15(24-16)13-4-3-9-23-13/h3-4,9H,2,5-8,11H2,1H3. The Kier molecular flexibility index (Phi) is 4.82. The molecule has 0 aliphatic carbocycles. The van der Waals surface area contributed by atoms with Crippen molar-refractivity contribution in [2.24, 2.45) is 0 Å². The zero-order valence-corrected chi connectivity index (χ0v) is 13.4. The number of anilines is 1. The Labute approximate surface area is 139 Å². The molecule has 8 heteroatoms. The van der Waals surface area contributed by atoms with Gasteiger partial charge in [0.1, 0.15) is 12.7 Å². The SMILES string of the molecule is CCOCC(=O)N1CCN(c2oc(-c3ccco3)nc2C#N)CC1. The van der Waals surface area contributed by atoms with E-state index < -0.39 is 0 Å². The molecule has 0 saturated carbocycles. The third kappa shape index (κ3) is 3.26. The third-order valence-corrected chi connectivity index (χ3v) is 3.80. The molecule has 1 fully saturated rings. The van der Waals surface area contributed by atoms with Crippen molar-refractivity contribution in [3.63, 3.8) is 0 Å². The fraction of sp³-hybridized carbons (Fsp3) is 0.438. The summed E-state index contributed by atoms with van der Waals surface area (Å²) in [6.07, 6.45) is 1.52. The van der Waals surface area contributed by atoms with Crippen molar-refractivity contribution in [3.8, 4) is 17.7 Å². The number of carbonyl (C=O) groups excluding carboxylic acids is 1. The molecule has 2 aromatic heterocycles. The number of furan rings is 1. The number of amides is 1. The monoisotopic (exact) mass is 330 g/mol. The number of aromatic nitrogens is 1. The summed E-state index contributed by atoms with van der Waals surface area (Å²) in [5.41, 5.74) is 0.218. The Hall–Kier alpha value is -2.79. The Morgan fingerprint density at radius 2 is 2.21 bits per heavy atom. The molecule has 3 heterocycles. The molecule has 24 heavy (non-hydrogen) atoms. The molecule has 0 atom stereocenters. The molecule has 126 valence electrons. The summed E-state index contributed by atoms with van der Waals surface area (Å²) in [5, 5.41) is 9.29. The van der Waals surface area contributed by atoms with Crippen molar-refractivity contribution in [2.45, 2.75) is 6.92 Å². The van der Waals surface area contributed by atoms with Crippen molar-refractivity contribution < 1.29 is 18.4 Å². The number of nitrogens with zero attached hydrogens (tertiary/aromatic N) is 4. The van der Waals surface area contributed by atoms with Crippen molar-refractivity contribution in [2.75, 3.05) is 44.3 Å². The maximum absolute atomic E-state index is 12.0. The van der Waals surface area contributed by atoms with E-state index in [1.165, 1.54) is 6.26 Å². The van der Waals surface area contributed by atoms with Crippen molar-refractivity contribution >= 4 is 11.8 Å². The van der Waals surface area contributed by atoms with Crippen molar-refractivity contribution in [3.05, 3.63) is 24.1 Å². The largest absolute Gasteiger partial charge is 0.459 e. The van der Waals surface area contributed by atoms with Gasteiger partial charge in [0.15, 0.2) is 5.76 Å². The van der Waals surface area contributed by atoms with E-state index in [4.69, 9.17) is 13.6 Å². The van der Waals surface area contributed by atoms with Gasteiger partial charge in [-0.25, -0.2) is 0 Å². The Morgan fingerprint density at radius 1 is 1.42 bits per heavy atom. The maximum atomic E-state index is 12.0. The van der Waals surface area contributed by atoms with Gasteiger partial charge in [0.25, 0.3) is 5.89 Å². The minimum Gasteiger partial charge on any atom is -0.459 e. The topological polar surface area (TPSA) is 95.7 Å². The van der Waals surface area contributed by atoms with Gasteiger partial charge in [0.2, 0.25) is 17.5 Å². The number of piperazine rings is 1. The van der Waals surface area contributed by atoms with E-state index >= 15 is 0 Å². The lowest BCUT2D eigenvalue weighted by Gasteiger charge is -2.34. The molecule has 0 N–H and O–H groups in total. The number of rotatable bonds is 5. The lowest BCUT2D eigenvalue weighted by atomic mass is 10.3. The average Bonchev–Trinajstić information content (AvgIpc) is 3.28. The van der Waals surface area contributed by atoms with Gasteiger partial charge in [-0.3, -0.25) is 4.79 Å². The van der Waals surface area contributed by atoms with E-state index in [9.17, 15) is 10.1 Å². The molecule has 0 aromatic carbocycles. The molecule has 1 aliphatic heterocycles. The van der Waals surface area contributed by atoms with Crippen LogP contribution in [-0.2, 0) is 9.53 Å². The molecule has 0 unspecified atom stereocenters. The predicted molar refractivity (Wildman–Crippen MR) is 84.2 cm³/mol. The molecule has 1 amide bonds. The summed E-state index contributed by atoms with van der Waals surface area (Å²) >= 11 is 0. The average molecular weight is 330 g/mol. The summed E-state index contributed by atoms with van der Waals surface area (Å²) in [4.78, 5) is 19.8. The summed E-state index contributed by atoms with van der Waals surface area (Å²) in [5.74, 6) is 1.15. The molecule has 3 rings (SSSR count). The highest BCUT2D eigenvalue weighted by molar-refractivity contribution is 5.77. The van der Waals surface area contributed by atoms with Crippen LogP contribution >= 0.6 is 0 Å². The van der Waals surface area contributed by atoms with Crippen LogP contribution < -0.4 is 4.90 Å². The van der Waals surface area contributed by atoms with Crippen LogP contribution in [0.3, 0.4) is 0 Å². The molecular formula is C16H18N4O4. The first-order valence-corrected chi connectivity index (χ1v) is 7.78. The smallest absolute Gasteiger partial charge is 0.266 e. The van der Waals surface area contributed by atoms with Crippen LogP contribution in [0.15, 0.2) is 27.2 Å². The molecule has 1 aliphatic rings. The van der Waals surface area contributed by atoms with Crippen LogP contribution in [0.2, 0.25) is 0 Å². The summed E-state index contributed by atoms with van der Waals surface area (Å²) in [7, 11) is 0. The minimum absolute atomic E-state index is 0.0224. The van der Waals surface area contributed by atoms with Crippen molar-refractivity contribution in [1.29, 1.82) is 5.26 Å². The third-order valence-electron chi connectivity index (χ3n) is 3.80. The molecule has 0 spiro atoms. The fourth-order valence-corrected chi connectivity index (χ4v) is 2.54. The lowest BCUT2D eigenvalue weighted by Crippen LogP contribution is -2.49. The van der Waals surface area contributed by atoms with Gasteiger partial charge in [-0.1, -0.05) is 0 Å². The van der Waals surface area contributed by atoms with Gasteiger partial charge in [-0.05, 0) is 19.1 Å². The number of hydrogen-bond donors (Lipinski definition) is 0. The first kappa shape index (κ1) is 16.1. The highest BCUT2D eigenvalue weighted by atomic mass is 16.5. The Bertz CT molecular complexity index is 724. The zero-order chi connectivity index (χ0) is 16.9. The van der Waals surface area contributed by atoms with Crippen LogP contribution in [0.1, 0.15) is 12.6 Å². The fourth-order valence-electron chi connectivity index (χ4n) is 2.54. The molecule has 2 aromatic rings. The van der Waals surface area contributed by atoms with E-state index in [1.807, 2.05) is 17.9 Å². The van der Waals surface area contributed by atoms with E-state index in [0.29, 0.717) is 44.4 Å². The number of carbonyl (C=O) groups is 1. The van der Waals surface area contributed by atoms with E-state index in [2.05, 4.69) is 4.98 Å². The highest BCUT2D eigenvalue weighted by Gasteiger charge is 2.26. The second kappa shape index (κ2) is 7.19. The number of ether oxygens (including phenoxy) is 1. The Balaban J connectivity index is 1.68. The van der Waals surface area contributed by atoms with Gasteiger partial charge >= 0.3 is 0 Å². The highest BCUT2D eigenvalue weighted by Crippen LogP contribution is 2.29. The summed E-state index contributed by atoms with van der Waals surface area (Å²) in [6.45, 7) is 4.71. The molecule has 0 radical (unpaired) electrons. The lowest BCUT2D eigenvalue weighted by molar-refractivity contribution is -0.136. The van der Waals surface area contributed by atoms with Gasteiger partial charge < -0.3 is 23.4 Å². The van der Waals surface area contributed by atoms with Gasteiger partial charge in [0.05, 0.1) is 6.26 Å². The quantitative estimate of drug-likeness (QED) is 0.819. The van der Waals surface area contributed by atoms with Crippen LogP contribution in [0, 0.1) is 11.3 Å². The second-order valence-electron chi connectivity index (χ2n) is 5.27. The van der Waals surface area contributed by atoms with Crippen LogP contribution in [0.4, 0.5) is 5.88 Å². The van der Waals surface area contributed by atoms with Gasteiger partial charge in [-0.15, -0.1) is 0 Å². The van der Waals surface area contributed by atoms with Crippen LogP contribution in [0.5, 0.6) is 0 Å². The number of hydrogen-bond acceptors (Lipinski definition) is 7. The number of nitriles is 1. The number of oxazole rings is 1. The van der Waals surface area contributed by atoms with Crippen LogP contribution in [0.25, 0.3) is 11.7 Å². The van der Waals surface area contributed by atoms with E-state index in [1.54, 1.807) is 17.0 Å². The Morgan fingerprint density at radius 3 is 2.83 bits per heavy atom. The van der Waals surface area contributed by atoms with Crippen LogP contribution in [-0.4, -0.2) is 55.2 Å². The summed E-state index contributed by atoms with van der Waals surface area (Å²) < 4.78 is 16.1. The predicted octanol–water partition coefficient (Wildman–Crippen LogP) is 1.49. The second-order valence-corrected chi connectivity index (χ2v) is 5.27. The minimum atomic E-state index is -0.0224. The van der Waals surface area contributed by atoms with Gasteiger partial charge in [-0.2, -0.15) is 10.2 Å². The first-order valence-electron chi connectivity index (χ1n) is 7.78. The molecule has 0 bridgehead atoms. The normalized spacial score (nSPS) is 14.7. The maximum Gasteiger partial charge on any atom is 0.266 e.